The molecule has 4 aromatic rings. The predicted octanol–water partition coefficient (Wildman–Crippen LogP) is 2.33. The van der Waals surface area contributed by atoms with Crippen LogP contribution in [0.3, 0.4) is 0 Å². The molecule has 22 heavy (non-hydrogen) atoms. The fourth-order valence-electron chi connectivity index (χ4n) is 2.79. The molecule has 0 spiro atoms. The molecule has 2 aromatic heterocycles. The molecule has 4 rings (SSSR count). The van der Waals surface area contributed by atoms with Crippen LogP contribution in [-0.4, -0.2) is 19.3 Å². The molecule has 0 fully saturated rings. The molecule has 0 bridgehead atoms. The van der Waals surface area contributed by atoms with E-state index in [0.717, 1.165) is 10.9 Å². The molecule has 2 heterocycles. The Balaban J connectivity index is 1.86. The SMILES string of the molecule is Cn1ncc2c(=O)n(Cc3cccc4ccccc34)cnc21. The van der Waals surface area contributed by atoms with Crippen LogP contribution in [0.1, 0.15) is 5.56 Å². The zero-order chi connectivity index (χ0) is 15.1. The third kappa shape index (κ3) is 1.90. The highest BCUT2D eigenvalue weighted by Gasteiger charge is 2.09. The maximum Gasteiger partial charge on any atom is 0.264 e. The number of aromatic nitrogens is 4. The second kappa shape index (κ2) is 4.80. The molecular formula is C17H14N4O. The minimum absolute atomic E-state index is 0.0639. The van der Waals surface area contributed by atoms with Gasteiger partial charge in [0.1, 0.15) is 11.7 Å². The molecule has 5 nitrogen and oxygen atoms in total. The Kier molecular flexibility index (Phi) is 2.79. The van der Waals surface area contributed by atoms with Crippen LogP contribution in [0.15, 0.2) is 59.8 Å². The van der Waals surface area contributed by atoms with Crippen molar-refractivity contribution in [3.63, 3.8) is 0 Å². The topological polar surface area (TPSA) is 52.7 Å². The van der Waals surface area contributed by atoms with E-state index in [0.29, 0.717) is 17.6 Å². The molecule has 0 N–H and O–H groups in total. The molecule has 108 valence electrons. The monoisotopic (exact) mass is 290 g/mol. The van der Waals surface area contributed by atoms with E-state index in [2.05, 4.69) is 28.3 Å². The summed E-state index contributed by atoms with van der Waals surface area (Å²) in [7, 11) is 1.78. The summed E-state index contributed by atoms with van der Waals surface area (Å²) in [4.78, 5) is 16.9. The number of aryl methyl sites for hydroxylation is 1. The molecule has 0 aliphatic rings. The van der Waals surface area contributed by atoms with E-state index >= 15 is 0 Å². The summed E-state index contributed by atoms with van der Waals surface area (Å²) in [6, 6.07) is 14.3. The van der Waals surface area contributed by atoms with Crippen molar-refractivity contribution in [2.24, 2.45) is 7.05 Å². The van der Waals surface area contributed by atoms with Crippen LogP contribution in [0.25, 0.3) is 21.8 Å². The van der Waals surface area contributed by atoms with E-state index in [-0.39, 0.29) is 5.56 Å². The van der Waals surface area contributed by atoms with Crippen LogP contribution < -0.4 is 5.56 Å². The number of nitrogens with zero attached hydrogens (tertiary/aromatic N) is 4. The van der Waals surface area contributed by atoms with Gasteiger partial charge in [0.2, 0.25) is 0 Å². The smallest absolute Gasteiger partial charge is 0.264 e. The van der Waals surface area contributed by atoms with Crippen LogP contribution in [-0.2, 0) is 13.6 Å². The highest BCUT2D eigenvalue weighted by molar-refractivity contribution is 5.85. The number of fused-ring (bicyclic) bond motifs is 2. The maximum absolute atomic E-state index is 12.6. The summed E-state index contributed by atoms with van der Waals surface area (Å²) in [5.41, 5.74) is 1.65. The van der Waals surface area contributed by atoms with Gasteiger partial charge in [-0.25, -0.2) is 4.98 Å². The Morgan fingerprint density at radius 2 is 1.86 bits per heavy atom. The van der Waals surface area contributed by atoms with Gasteiger partial charge in [-0.05, 0) is 16.3 Å². The Labute approximate surface area is 126 Å². The highest BCUT2D eigenvalue weighted by Crippen LogP contribution is 2.19. The molecule has 0 radical (unpaired) electrons. The summed E-state index contributed by atoms with van der Waals surface area (Å²) in [5.74, 6) is 0. The van der Waals surface area contributed by atoms with Gasteiger partial charge >= 0.3 is 0 Å². The minimum Gasteiger partial charge on any atom is -0.294 e. The average molecular weight is 290 g/mol. The molecule has 5 heteroatoms. The number of benzene rings is 2. The van der Waals surface area contributed by atoms with Gasteiger partial charge in [-0.15, -0.1) is 0 Å². The summed E-state index contributed by atoms with van der Waals surface area (Å²) >= 11 is 0. The lowest BCUT2D eigenvalue weighted by Crippen LogP contribution is -2.21. The zero-order valence-corrected chi connectivity index (χ0v) is 12.1. The molecule has 0 unspecified atom stereocenters. The Morgan fingerprint density at radius 1 is 1.05 bits per heavy atom. The maximum atomic E-state index is 12.6. The molecule has 0 aliphatic heterocycles. The van der Waals surface area contributed by atoms with Crippen LogP contribution >= 0.6 is 0 Å². The fourth-order valence-corrected chi connectivity index (χ4v) is 2.79. The van der Waals surface area contributed by atoms with Gasteiger partial charge in [-0.3, -0.25) is 14.0 Å². The van der Waals surface area contributed by atoms with Crippen LogP contribution in [0, 0.1) is 0 Å². The first kappa shape index (κ1) is 12.8. The highest BCUT2D eigenvalue weighted by atomic mass is 16.1. The Hall–Kier alpha value is -2.95. The van der Waals surface area contributed by atoms with E-state index < -0.39 is 0 Å². The van der Waals surface area contributed by atoms with Gasteiger partial charge < -0.3 is 0 Å². The molecule has 0 atom stereocenters. The second-order valence-electron chi connectivity index (χ2n) is 5.32. The van der Waals surface area contributed by atoms with E-state index in [9.17, 15) is 4.79 Å². The third-order valence-corrected chi connectivity index (χ3v) is 3.94. The van der Waals surface area contributed by atoms with E-state index in [1.54, 1.807) is 28.8 Å². The molecule has 0 amide bonds. The molecule has 0 saturated heterocycles. The van der Waals surface area contributed by atoms with Crippen molar-refractivity contribution < 1.29 is 0 Å². The number of rotatable bonds is 2. The van der Waals surface area contributed by atoms with Crippen LogP contribution in [0.4, 0.5) is 0 Å². The first-order valence-corrected chi connectivity index (χ1v) is 7.08. The van der Waals surface area contributed by atoms with Crippen molar-refractivity contribution in [3.05, 3.63) is 70.9 Å². The van der Waals surface area contributed by atoms with Gasteiger partial charge in [-0.1, -0.05) is 42.5 Å². The van der Waals surface area contributed by atoms with Crippen molar-refractivity contribution >= 4 is 21.8 Å². The van der Waals surface area contributed by atoms with Crippen molar-refractivity contribution in [2.45, 2.75) is 6.54 Å². The lowest BCUT2D eigenvalue weighted by molar-refractivity contribution is 0.740. The van der Waals surface area contributed by atoms with Crippen molar-refractivity contribution in [1.82, 2.24) is 19.3 Å². The zero-order valence-electron chi connectivity index (χ0n) is 12.1. The van der Waals surface area contributed by atoms with Crippen molar-refractivity contribution in [1.29, 1.82) is 0 Å². The largest absolute Gasteiger partial charge is 0.294 e. The number of hydrogen-bond donors (Lipinski definition) is 0. The molecular weight excluding hydrogens is 276 g/mol. The molecule has 2 aromatic carbocycles. The average Bonchev–Trinajstić information content (AvgIpc) is 2.92. The van der Waals surface area contributed by atoms with Crippen molar-refractivity contribution in [2.75, 3.05) is 0 Å². The normalized spacial score (nSPS) is 11.3. The van der Waals surface area contributed by atoms with Crippen LogP contribution in [0.5, 0.6) is 0 Å². The van der Waals surface area contributed by atoms with Gasteiger partial charge in [0.25, 0.3) is 5.56 Å². The van der Waals surface area contributed by atoms with Crippen molar-refractivity contribution in [3.8, 4) is 0 Å². The first-order chi connectivity index (χ1) is 10.7. The Morgan fingerprint density at radius 3 is 2.77 bits per heavy atom. The molecule has 0 saturated carbocycles. The summed E-state index contributed by atoms with van der Waals surface area (Å²) in [6.07, 6.45) is 3.17. The van der Waals surface area contributed by atoms with Gasteiger partial charge in [-0.2, -0.15) is 5.10 Å². The standard InChI is InChI=1S/C17H14N4O/c1-20-16-15(9-19-20)17(22)21(11-18-16)10-13-7-4-6-12-5-2-3-8-14(12)13/h2-9,11H,10H2,1H3. The van der Waals surface area contributed by atoms with Gasteiger partial charge in [0, 0.05) is 7.05 Å². The third-order valence-electron chi connectivity index (χ3n) is 3.94. The van der Waals surface area contributed by atoms with Crippen LogP contribution in [0.2, 0.25) is 0 Å². The number of hydrogen-bond acceptors (Lipinski definition) is 3. The predicted molar refractivity (Wildman–Crippen MR) is 85.8 cm³/mol. The second-order valence-corrected chi connectivity index (χ2v) is 5.32. The first-order valence-electron chi connectivity index (χ1n) is 7.08. The lowest BCUT2D eigenvalue weighted by Gasteiger charge is -2.09. The Bertz CT molecular complexity index is 1040. The van der Waals surface area contributed by atoms with E-state index in [4.69, 9.17) is 0 Å². The summed E-state index contributed by atoms with van der Waals surface area (Å²) in [6.45, 7) is 0.498. The van der Waals surface area contributed by atoms with Gasteiger partial charge in [0.15, 0.2) is 5.65 Å². The van der Waals surface area contributed by atoms with E-state index in [1.807, 2.05) is 24.3 Å². The summed E-state index contributed by atoms with van der Waals surface area (Å²) in [5, 5.41) is 6.97. The van der Waals surface area contributed by atoms with Gasteiger partial charge in [0.05, 0.1) is 12.7 Å². The fraction of sp³-hybridized carbons (Fsp3) is 0.118. The summed E-state index contributed by atoms with van der Waals surface area (Å²) < 4.78 is 3.24. The lowest BCUT2D eigenvalue weighted by atomic mass is 10.0. The quantitative estimate of drug-likeness (QED) is 0.569. The minimum atomic E-state index is -0.0639. The molecule has 0 aliphatic carbocycles. The van der Waals surface area contributed by atoms with E-state index in [1.165, 1.54) is 5.39 Å².